The Kier molecular flexibility index (Phi) is 4.25. The highest BCUT2D eigenvalue weighted by Crippen LogP contribution is 2.21. The number of carbonyl (C=O) groups excluding carboxylic acids is 1. The van der Waals surface area contributed by atoms with Crippen LogP contribution in [0.1, 0.15) is 10.4 Å². The lowest BCUT2D eigenvalue weighted by Gasteiger charge is -2.29. The van der Waals surface area contributed by atoms with Gasteiger partial charge in [-0.25, -0.2) is 9.59 Å². The molecule has 8 heteroatoms. The van der Waals surface area contributed by atoms with Gasteiger partial charge in [0.2, 0.25) is 0 Å². The number of rotatable bonds is 2. The Balaban J connectivity index is 2.08. The lowest BCUT2D eigenvalue weighted by molar-refractivity contribution is 0.0181. The van der Waals surface area contributed by atoms with Gasteiger partial charge in [-0.1, -0.05) is 0 Å². The van der Waals surface area contributed by atoms with Crippen LogP contribution in [0, 0.1) is 11.3 Å². The molecule has 2 rings (SSSR count). The molecule has 0 radical (unpaired) electrons. The van der Waals surface area contributed by atoms with Gasteiger partial charge in [0.15, 0.2) is 6.10 Å². The zero-order valence-electron chi connectivity index (χ0n) is 10.9. The van der Waals surface area contributed by atoms with E-state index >= 15 is 0 Å². The largest absolute Gasteiger partial charge is 0.507 e. The number of nitriles is 1. The number of morpholine rings is 1. The van der Waals surface area contributed by atoms with E-state index in [1.807, 2.05) is 6.07 Å². The minimum Gasteiger partial charge on any atom is -0.507 e. The van der Waals surface area contributed by atoms with Crippen molar-refractivity contribution in [1.82, 2.24) is 4.90 Å². The summed E-state index contributed by atoms with van der Waals surface area (Å²) in [6.07, 6.45) is -0.668. The number of benzene rings is 1. The van der Waals surface area contributed by atoms with Crippen molar-refractivity contribution in [3.8, 4) is 11.8 Å². The van der Waals surface area contributed by atoms with E-state index < -0.39 is 18.1 Å². The number of nitrogens with one attached hydrogen (secondary N) is 1. The summed E-state index contributed by atoms with van der Waals surface area (Å²) in [5.41, 5.74) is -0.0557. The Morgan fingerprint density at radius 2 is 2.24 bits per heavy atom. The third-order valence-corrected chi connectivity index (χ3v) is 2.98. The smallest absolute Gasteiger partial charge is 0.339 e. The molecule has 0 aliphatic carbocycles. The second kappa shape index (κ2) is 6.11. The number of aromatic carboxylic acids is 1. The number of phenols is 1. The second-order valence-corrected chi connectivity index (χ2v) is 4.40. The normalized spacial score (nSPS) is 17.9. The molecule has 1 unspecified atom stereocenters. The summed E-state index contributed by atoms with van der Waals surface area (Å²) >= 11 is 0. The number of carboxylic acid groups (broad SMARTS) is 1. The molecule has 0 saturated carbocycles. The zero-order valence-corrected chi connectivity index (χ0v) is 10.9. The van der Waals surface area contributed by atoms with Crippen LogP contribution >= 0.6 is 0 Å². The van der Waals surface area contributed by atoms with Gasteiger partial charge in [-0.3, -0.25) is 0 Å². The summed E-state index contributed by atoms with van der Waals surface area (Å²) in [6, 6.07) is 5.22. The SMILES string of the molecule is N#CC1CN(C(=O)Nc2ccc(O)c(C(=O)O)c2)CCO1. The number of carboxylic acids is 1. The van der Waals surface area contributed by atoms with E-state index in [1.165, 1.54) is 17.0 Å². The molecule has 0 aromatic heterocycles. The van der Waals surface area contributed by atoms with E-state index in [1.54, 1.807) is 0 Å². The Bertz CT molecular complexity index is 610. The van der Waals surface area contributed by atoms with Crippen molar-refractivity contribution >= 4 is 17.7 Å². The Morgan fingerprint density at radius 3 is 2.90 bits per heavy atom. The topological polar surface area (TPSA) is 123 Å². The van der Waals surface area contributed by atoms with Crippen molar-refractivity contribution < 1.29 is 24.5 Å². The lowest BCUT2D eigenvalue weighted by atomic mass is 10.2. The van der Waals surface area contributed by atoms with Gasteiger partial charge < -0.3 is 25.2 Å². The van der Waals surface area contributed by atoms with Crippen molar-refractivity contribution in [3.05, 3.63) is 23.8 Å². The minimum atomic E-state index is -1.29. The first-order valence-electron chi connectivity index (χ1n) is 6.14. The second-order valence-electron chi connectivity index (χ2n) is 4.40. The molecular weight excluding hydrogens is 278 g/mol. The van der Waals surface area contributed by atoms with Gasteiger partial charge in [0.25, 0.3) is 0 Å². The van der Waals surface area contributed by atoms with Crippen molar-refractivity contribution in [2.75, 3.05) is 25.0 Å². The van der Waals surface area contributed by atoms with Crippen LogP contribution in [0.3, 0.4) is 0 Å². The van der Waals surface area contributed by atoms with Crippen LogP contribution in [-0.2, 0) is 4.74 Å². The van der Waals surface area contributed by atoms with E-state index in [9.17, 15) is 14.7 Å². The van der Waals surface area contributed by atoms with Crippen LogP contribution in [0.15, 0.2) is 18.2 Å². The van der Waals surface area contributed by atoms with Crippen LogP contribution in [0.5, 0.6) is 5.75 Å². The molecule has 1 aliphatic heterocycles. The van der Waals surface area contributed by atoms with Crippen molar-refractivity contribution in [2.45, 2.75) is 6.10 Å². The maximum atomic E-state index is 12.0. The van der Waals surface area contributed by atoms with Crippen LogP contribution in [0.25, 0.3) is 0 Å². The molecule has 110 valence electrons. The number of urea groups is 1. The van der Waals surface area contributed by atoms with Crippen LogP contribution < -0.4 is 5.32 Å². The first kappa shape index (κ1) is 14.6. The number of aromatic hydroxyl groups is 1. The van der Waals surface area contributed by atoms with Crippen molar-refractivity contribution in [1.29, 1.82) is 5.26 Å². The molecule has 1 saturated heterocycles. The summed E-state index contributed by atoms with van der Waals surface area (Å²) < 4.78 is 5.13. The Morgan fingerprint density at radius 1 is 1.48 bits per heavy atom. The van der Waals surface area contributed by atoms with Gasteiger partial charge in [-0.15, -0.1) is 0 Å². The quantitative estimate of drug-likeness (QED) is 0.694. The standard InChI is InChI=1S/C13H13N3O5/c14-6-9-7-16(3-4-21-9)13(20)15-8-1-2-11(17)10(5-8)12(18)19/h1-2,5,9,17H,3-4,7H2,(H,15,20)(H,18,19). The highest BCUT2D eigenvalue weighted by Gasteiger charge is 2.24. The number of carbonyl (C=O) groups is 2. The average molecular weight is 291 g/mol. The fourth-order valence-electron chi connectivity index (χ4n) is 1.90. The minimum absolute atomic E-state index is 0.145. The molecule has 1 fully saturated rings. The highest BCUT2D eigenvalue weighted by molar-refractivity contribution is 5.95. The fourth-order valence-corrected chi connectivity index (χ4v) is 1.90. The van der Waals surface area contributed by atoms with Gasteiger partial charge in [-0.05, 0) is 18.2 Å². The molecule has 1 aliphatic rings. The molecule has 2 amide bonds. The molecule has 1 aromatic rings. The predicted octanol–water partition coefficient (Wildman–Crippen LogP) is 0.847. The van der Waals surface area contributed by atoms with Gasteiger partial charge in [0.05, 0.1) is 19.2 Å². The molecule has 1 aromatic carbocycles. The number of hydrogen-bond acceptors (Lipinski definition) is 5. The monoisotopic (exact) mass is 291 g/mol. The number of hydrogen-bond donors (Lipinski definition) is 3. The maximum Gasteiger partial charge on any atom is 0.339 e. The molecule has 0 spiro atoms. The first-order valence-corrected chi connectivity index (χ1v) is 6.14. The maximum absolute atomic E-state index is 12.0. The van der Waals surface area contributed by atoms with Gasteiger partial charge in [0, 0.05) is 12.2 Å². The predicted molar refractivity (Wildman–Crippen MR) is 71.0 cm³/mol. The number of anilines is 1. The molecule has 3 N–H and O–H groups in total. The van der Waals surface area contributed by atoms with E-state index in [0.29, 0.717) is 6.54 Å². The summed E-state index contributed by atoms with van der Waals surface area (Å²) in [6.45, 7) is 0.752. The molecule has 0 bridgehead atoms. The first-order chi connectivity index (χ1) is 10.0. The van der Waals surface area contributed by atoms with Crippen molar-refractivity contribution in [2.24, 2.45) is 0 Å². The third kappa shape index (κ3) is 3.40. The molecular formula is C13H13N3O5. The highest BCUT2D eigenvalue weighted by atomic mass is 16.5. The Hall–Kier alpha value is -2.79. The Labute approximate surface area is 120 Å². The molecule has 21 heavy (non-hydrogen) atoms. The van der Waals surface area contributed by atoms with Crippen LogP contribution in [0.4, 0.5) is 10.5 Å². The number of ether oxygens (including phenoxy) is 1. The van der Waals surface area contributed by atoms with Crippen LogP contribution in [0.2, 0.25) is 0 Å². The van der Waals surface area contributed by atoms with E-state index in [-0.39, 0.29) is 30.2 Å². The van der Waals surface area contributed by atoms with E-state index in [0.717, 1.165) is 6.07 Å². The van der Waals surface area contributed by atoms with Crippen molar-refractivity contribution in [3.63, 3.8) is 0 Å². The molecule has 1 atom stereocenters. The average Bonchev–Trinajstić information content (AvgIpc) is 2.49. The zero-order chi connectivity index (χ0) is 15.4. The van der Waals surface area contributed by atoms with E-state index in [4.69, 9.17) is 15.1 Å². The lowest BCUT2D eigenvalue weighted by Crippen LogP contribution is -2.46. The molecule has 8 nitrogen and oxygen atoms in total. The van der Waals surface area contributed by atoms with Gasteiger partial charge in [0.1, 0.15) is 11.3 Å². The van der Waals surface area contributed by atoms with Gasteiger partial charge >= 0.3 is 12.0 Å². The molecule has 1 heterocycles. The summed E-state index contributed by atoms with van der Waals surface area (Å²) in [4.78, 5) is 24.4. The summed E-state index contributed by atoms with van der Waals surface area (Å²) in [5.74, 6) is -1.67. The number of amides is 2. The number of nitrogens with zero attached hydrogens (tertiary/aromatic N) is 2. The fraction of sp³-hybridized carbons (Fsp3) is 0.308. The van der Waals surface area contributed by atoms with E-state index in [2.05, 4.69) is 5.32 Å². The van der Waals surface area contributed by atoms with Gasteiger partial charge in [-0.2, -0.15) is 5.26 Å². The summed E-state index contributed by atoms with van der Waals surface area (Å²) in [5, 5.41) is 29.6. The summed E-state index contributed by atoms with van der Waals surface area (Å²) in [7, 11) is 0. The third-order valence-electron chi connectivity index (χ3n) is 2.98. The van der Waals surface area contributed by atoms with Crippen LogP contribution in [-0.4, -0.2) is 52.9 Å².